The maximum absolute atomic E-state index is 11.6. The number of aromatic nitrogens is 2. The van der Waals surface area contributed by atoms with Gasteiger partial charge < -0.3 is 9.97 Å². The summed E-state index contributed by atoms with van der Waals surface area (Å²) in [4.78, 5) is 29.0. The normalized spacial score (nSPS) is 10.9. The van der Waals surface area contributed by atoms with Crippen LogP contribution < -0.4 is 5.43 Å². The van der Waals surface area contributed by atoms with Gasteiger partial charge in [0.15, 0.2) is 5.78 Å². The SMILES string of the molecule is CC(=O)c1c(C)[nH]c2c(=O)cc(C)[nH]c12. The first-order valence-corrected chi connectivity index (χ1v) is 4.74. The van der Waals surface area contributed by atoms with Gasteiger partial charge in [-0.3, -0.25) is 9.59 Å². The molecule has 78 valence electrons. The molecule has 0 saturated heterocycles. The van der Waals surface area contributed by atoms with Crippen molar-refractivity contribution in [3.05, 3.63) is 33.2 Å². The summed E-state index contributed by atoms with van der Waals surface area (Å²) in [7, 11) is 0. The van der Waals surface area contributed by atoms with Gasteiger partial charge in [-0.2, -0.15) is 0 Å². The largest absolute Gasteiger partial charge is 0.357 e. The molecule has 0 amide bonds. The number of aryl methyl sites for hydroxylation is 2. The smallest absolute Gasteiger partial charge is 0.205 e. The molecule has 0 aromatic carbocycles. The van der Waals surface area contributed by atoms with E-state index < -0.39 is 0 Å². The van der Waals surface area contributed by atoms with Gasteiger partial charge in [-0.1, -0.05) is 0 Å². The molecule has 0 atom stereocenters. The fourth-order valence-electron chi connectivity index (χ4n) is 1.88. The molecule has 2 aromatic heterocycles. The van der Waals surface area contributed by atoms with Gasteiger partial charge in [-0.25, -0.2) is 0 Å². The summed E-state index contributed by atoms with van der Waals surface area (Å²) in [6.45, 7) is 5.09. The molecular formula is C11H12N2O2. The van der Waals surface area contributed by atoms with Crippen molar-refractivity contribution in [1.82, 2.24) is 9.97 Å². The Morgan fingerprint density at radius 2 is 1.87 bits per heavy atom. The molecule has 0 aliphatic carbocycles. The minimum atomic E-state index is -0.0862. The molecule has 0 aliphatic heterocycles. The van der Waals surface area contributed by atoms with Crippen LogP contribution in [-0.4, -0.2) is 15.8 Å². The van der Waals surface area contributed by atoms with Gasteiger partial charge in [0.05, 0.1) is 11.1 Å². The number of fused-ring (bicyclic) bond motifs is 1. The summed E-state index contributed by atoms with van der Waals surface area (Å²) >= 11 is 0. The monoisotopic (exact) mass is 204 g/mol. The lowest BCUT2D eigenvalue weighted by Crippen LogP contribution is -2.03. The molecule has 0 spiro atoms. The molecule has 0 bridgehead atoms. The van der Waals surface area contributed by atoms with E-state index in [2.05, 4.69) is 9.97 Å². The van der Waals surface area contributed by atoms with Gasteiger partial charge in [0.25, 0.3) is 0 Å². The lowest BCUT2D eigenvalue weighted by atomic mass is 10.1. The number of H-pyrrole nitrogens is 2. The highest BCUT2D eigenvalue weighted by Crippen LogP contribution is 2.18. The van der Waals surface area contributed by atoms with Crippen molar-refractivity contribution in [3.63, 3.8) is 0 Å². The third-order valence-electron chi connectivity index (χ3n) is 2.46. The molecule has 0 saturated carbocycles. The number of rotatable bonds is 1. The number of ketones is 1. The van der Waals surface area contributed by atoms with Crippen LogP contribution in [0.2, 0.25) is 0 Å². The van der Waals surface area contributed by atoms with Crippen LogP contribution in [0.5, 0.6) is 0 Å². The zero-order valence-electron chi connectivity index (χ0n) is 8.89. The topological polar surface area (TPSA) is 65.7 Å². The molecule has 0 fully saturated rings. The molecule has 15 heavy (non-hydrogen) atoms. The molecular weight excluding hydrogens is 192 g/mol. The number of nitrogens with one attached hydrogen (secondary N) is 2. The zero-order chi connectivity index (χ0) is 11.2. The first-order valence-electron chi connectivity index (χ1n) is 4.74. The van der Waals surface area contributed by atoms with E-state index in [4.69, 9.17) is 0 Å². The average molecular weight is 204 g/mol. The lowest BCUT2D eigenvalue weighted by Gasteiger charge is -1.96. The number of Topliss-reactive ketones (excluding diaryl/α,β-unsaturated/α-hetero) is 1. The number of hydrogen-bond acceptors (Lipinski definition) is 2. The maximum Gasteiger partial charge on any atom is 0.205 e. The highest BCUT2D eigenvalue weighted by Gasteiger charge is 2.14. The van der Waals surface area contributed by atoms with Crippen molar-refractivity contribution in [1.29, 1.82) is 0 Å². The van der Waals surface area contributed by atoms with E-state index in [9.17, 15) is 9.59 Å². The van der Waals surface area contributed by atoms with E-state index in [1.165, 1.54) is 13.0 Å². The Balaban J connectivity index is 2.99. The quantitative estimate of drug-likeness (QED) is 0.694. The Morgan fingerprint density at radius 3 is 2.47 bits per heavy atom. The highest BCUT2D eigenvalue weighted by atomic mass is 16.1. The molecule has 0 radical (unpaired) electrons. The molecule has 2 heterocycles. The van der Waals surface area contributed by atoms with Crippen molar-refractivity contribution in [2.45, 2.75) is 20.8 Å². The minimum Gasteiger partial charge on any atom is -0.357 e. The zero-order valence-corrected chi connectivity index (χ0v) is 8.89. The summed E-state index contributed by atoms with van der Waals surface area (Å²) in [5.41, 5.74) is 3.07. The van der Waals surface area contributed by atoms with Crippen molar-refractivity contribution < 1.29 is 4.79 Å². The fraction of sp³-hybridized carbons (Fsp3) is 0.273. The molecule has 0 aliphatic rings. The molecule has 2 rings (SSSR count). The Labute approximate surface area is 86.3 Å². The highest BCUT2D eigenvalue weighted by molar-refractivity contribution is 6.06. The molecule has 2 N–H and O–H groups in total. The molecule has 2 aromatic rings. The molecule has 4 nitrogen and oxygen atoms in total. The summed E-state index contributed by atoms with van der Waals surface area (Å²) in [5.74, 6) is -0.0417. The van der Waals surface area contributed by atoms with E-state index in [0.29, 0.717) is 16.6 Å². The summed E-state index contributed by atoms with van der Waals surface area (Å²) in [6, 6.07) is 1.52. The van der Waals surface area contributed by atoms with E-state index in [-0.39, 0.29) is 11.2 Å². The van der Waals surface area contributed by atoms with Crippen molar-refractivity contribution in [2.24, 2.45) is 0 Å². The first kappa shape index (κ1) is 9.71. The number of aromatic amines is 2. The van der Waals surface area contributed by atoms with Crippen LogP contribution in [-0.2, 0) is 0 Å². The lowest BCUT2D eigenvalue weighted by molar-refractivity contribution is 0.101. The van der Waals surface area contributed by atoms with Crippen LogP contribution in [0.25, 0.3) is 11.0 Å². The van der Waals surface area contributed by atoms with Gasteiger partial charge in [0.1, 0.15) is 5.52 Å². The number of carbonyl (C=O) groups is 1. The first-order chi connectivity index (χ1) is 7.00. The van der Waals surface area contributed by atoms with Crippen LogP contribution in [0.3, 0.4) is 0 Å². The summed E-state index contributed by atoms with van der Waals surface area (Å²) in [6.07, 6.45) is 0. The molecule has 4 heteroatoms. The van der Waals surface area contributed by atoms with Gasteiger partial charge >= 0.3 is 0 Å². The fourth-order valence-corrected chi connectivity index (χ4v) is 1.88. The number of hydrogen-bond donors (Lipinski definition) is 2. The van der Waals surface area contributed by atoms with Crippen LogP contribution in [0, 0.1) is 13.8 Å². The summed E-state index contributed by atoms with van der Waals surface area (Å²) < 4.78 is 0. The van der Waals surface area contributed by atoms with Gasteiger partial charge in [-0.15, -0.1) is 0 Å². The second-order valence-electron chi connectivity index (χ2n) is 3.75. The minimum absolute atomic E-state index is 0.0417. The predicted octanol–water partition coefficient (Wildman–Crippen LogP) is 1.68. The van der Waals surface area contributed by atoms with Crippen molar-refractivity contribution >= 4 is 16.8 Å². The van der Waals surface area contributed by atoms with Gasteiger partial charge in [-0.05, 0) is 20.8 Å². The third kappa shape index (κ3) is 1.38. The molecule has 0 unspecified atom stereocenters. The third-order valence-corrected chi connectivity index (χ3v) is 2.46. The second kappa shape index (κ2) is 3.08. The van der Waals surface area contributed by atoms with Gasteiger partial charge in [0.2, 0.25) is 5.43 Å². The Kier molecular flexibility index (Phi) is 2.00. The Bertz CT molecular complexity index is 605. The maximum atomic E-state index is 11.6. The van der Waals surface area contributed by atoms with E-state index in [1.54, 1.807) is 13.8 Å². The van der Waals surface area contributed by atoms with Gasteiger partial charge in [0, 0.05) is 17.5 Å². The predicted molar refractivity (Wildman–Crippen MR) is 58.4 cm³/mol. The van der Waals surface area contributed by atoms with Crippen LogP contribution in [0.15, 0.2) is 10.9 Å². The van der Waals surface area contributed by atoms with E-state index >= 15 is 0 Å². The van der Waals surface area contributed by atoms with Crippen LogP contribution in [0.1, 0.15) is 28.7 Å². The summed E-state index contributed by atoms with van der Waals surface area (Å²) in [5, 5.41) is 0. The Hall–Kier alpha value is -1.84. The standard InChI is InChI=1S/C11H12N2O2/c1-5-4-8(15)10-11(12-5)9(7(3)14)6(2)13-10/h4,13H,1-3H3,(H,12,15). The Morgan fingerprint density at radius 1 is 1.20 bits per heavy atom. The average Bonchev–Trinajstić information content (AvgIpc) is 2.41. The van der Waals surface area contributed by atoms with Crippen molar-refractivity contribution in [3.8, 4) is 0 Å². The van der Waals surface area contributed by atoms with Crippen LogP contribution >= 0.6 is 0 Å². The van der Waals surface area contributed by atoms with E-state index in [1.807, 2.05) is 0 Å². The van der Waals surface area contributed by atoms with Crippen molar-refractivity contribution in [2.75, 3.05) is 0 Å². The number of pyridine rings is 1. The second-order valence-corrected chi connectivity index (χ2v) is 3.75. The van der Waals surface area contributed by atoms with E-state index in [0.717, 1.165) is 11.4 Å². The van der Waals surface area contributed by atoms with Crippen LogP contribution in [0.4, 0.5) is 0 Å². The number of carbonyl (C=O) groups excluding carboxylic acids is 1.